The van der Waals surface area contributed by atoms with Crippen molar-refractivity contribution >= 4 is 18.3 Å². The van der Waals surface area contributed by atoms with Gasteiger partial charge in [0.05, 0.1) is 11.8 Å². The van der Waals surface area contributed by atoms with Gasteiger partial charge in [0, 0.05) is 37.7 Å². The Kier molecular flexibility index (Phi) is 6.47. The van der Waals surface area contributed by atoms with Crippen LogP contribution in [0.3, 0.4) is 0 Å². The normalized spacial score (nSPS) is 24.9. The van der Waals surface area contributed by atoms with Crippen molar-refractivity contribution in [3.63, 3.8) is 0 Å². The molecule has 1 aromatic heterocycles. The van der Waals surface area contributed by atoms with Gasteiger partial charge in [-0.1, -0.05) is 13.8 Å². The van der Waals surface area contributed by atoms with Crippen LogP contribution in [0, 0.1) is 19.3 Å². The Morgan fingerprint density at radius 3 is 2.54 bits per heavy atom. The molecule has 138 valence electrons. The van der Waals surface area contributed by atoms with Crippen LogP contribution in [0.2, 0.25) is 0 Å². The highest BCUT2D eigenvalue weighted by Gasteiger charge is 2.62. The van der Waals surface area contributed by atoms with Gasteiger partial charge >= 0.3 is 0 Å². The van der Waals surface area contributed by atoms with Crippen molar-refractivity contribution in [2.45, 2.75) is 59.1 Å². The predicted octanol–water partition coefficient (Wildman–Crippen LogP) is 1.65. The van der Waals surface area contributed by atoms with Gasteiger partial charge in [-0.2, -0.15) is 5.10 Å². The second-order valence-electron chi connectivity index (χ2n) is 7.12. The van der Waals surface area contributed by atoms with E-state index < -0.39 is 5.54 Å². The lowest BCUT2D eigenvalue weighted by Crippen LogP contribution is -2.75. The molecular formula is C17H31ClN4O2. The summed E-state index contributed by atoms with van der Waals surface area (Å²) in [5.74, 6) is -0.0855. The van der Waals surface area contributed by atoms with Crippen LogP contribution in [0.5, 0.6) is 0 Å². The van der Waals surface area contributed by atoms with E-state index >= 15 is 0 Å². The van der Waals surface area contributed by atoms with Gasteiger partial charge in [-0.05, 0) is 32.8 Å². The highest BCUT2D eigenvalue weighted by molar-refractivity contribution is 5.88. The third kappa shape index (κ3) is 3.32. The SMILES string of the molecule is CCOC1CC(N)(C(=O)NCCc2c(C)nn(C)c2C)C1(C)C.Cl. The first-order valence-electron chi connectivity index (χ1n) is 8.33. The lowest BCUT2D eigenvalue weighted by Gasteiger charge is -2.57. The van der Waals surface area contributed by atoms with E-state index in [9.17, 15) is 4.79 Å². The number of carbonyl (C=O) groups excluding carboxylic acids is 1. The highest BCUT2D eigenvalue weighted by atomic mass is 35.5. The van der Waals surface area contributed by atoms with E-state index in [2.05, 4.69) is 10.4 Å². The molecule has 0 aromatic carbocycles. The molecule has 6 nitrogen and oxygen atoms in total. The lowest BCUT2D eigenvalue weighted by molar-refractivity contribution is -0.170. The van der Waals surface area contributed by atoms with Crippen molar-refractivity contribution in [3.05, 3.63) is 17.0 Å². The lowest BCUT2D eigenvalue weighted by atomic mass is 9.54. The Balaban J connectivity index is 0.00000288. The number of carbonyl (C=O) groups is 1. The molecule has 1 fully saturated rings. The number of nitrogens with zero attached hydrogens (tertiary/aromatic N) is 2. The first-order valence-corrected chi connectivity index (χ1v) is 8.33. The van der Waals surface area contributed by atoms with E-state index in [4.69, 9.17) is 10.5 Å². The quantitative estimate of drug-likeness (QED) is 0.810. The van der Waals surface area contributed by atoms with Crippen LogP contribution in [-0.2, 0) is 23.0 Å². The molecule has 1 aliphatic rings. The smallest absolute Gasteiger partial charge is 0.240 e. The number of rotatable bonds is 6. The van der Waals surface area contributed by atoms with Crippen molar-refractivity contribution in [2.24, 2.45) is 18.2 Å². The molecule has 0 saturated heterocycles. The molecule has 0 spiro atoms. The third-order valence-electron chi connectivity index (χ3n) is 5.55. The monoisotopic (exact) mass is 358 g/mol. The van der Waals surface area contributed by atoms with Crippen LogP contribution in [0.1, 0.15) is 44.1 Å². The van der Waals surface area contributed by atoms with Crippen LogP contribution >= 0.6 is 12.4 Å². The molecule has 1 aromatic rings. The summed E-state index contributed by atoms with van der Waals surface area (Å²) in [5, 5.41) is 7.40. The average molecular weight is 359 g/mol. The standard InChI is InChI=1S/C17H30N4O2.ClH/c1-7-23-14-10-17(18,16(14,4)5)15(22)19-9-8-13-11(2)20-21(6)12(13)3;/h14H,7-10,18H2,1-6H3,(H,19,22);1H. The number of nitrogens with two attached hydrogens (primary N) is 1. The van der Waals surface area contributed by atoms with Gasteiger partial charge in [-0.3, -0.25) is 9.48 Å². The van der Waals surface area contributed by atoms with E-state index in [-0.39, 0.29) is 29.8 Å². The van der Waals surface area contributed by atoms with Gasteiger partial charge in [0.1, 0.15) is 5.54 Å². The van der Waals surface area contributed by atoms with Crippen LogP contribution in [-0.4, -0.2) is 40.5 Å². The van der Waals surface area contributed by atoms with Gasteiger partial charge in [0.2, 0.25) is 5.91 Å². The minimum atomic E-state index is -0.855. The van der Waals surface area contributed by atoms with Crippen molar-refractivity contribution in [1.29, 1.82) is 0 Å². The zero-order chi connectivity index (χ0) is 17.4. The number of halogens is 1. The van der Waals surface area contributed by atoms with Gasteiger partial charge in [-0.15, -0.1) is 12.4 Å². The summed E-state index contributed by atoms with van der Waals surface area (Å²) in [5.41, 5.74) is 8.52. The number of aryl methyl sites for hydroxylation is 2. The van der Waals surface area contributed by atoms with Crippen LogP contribution in [0.4, 0.5) is 0 Å². The summed E-state index contributed by atoms with van der Waals surface area (Å²) in [6, 6.07) is 0. The maximum absolute atomic E-state index is 12.6. The molecule has 0 aliphatic heterocycles. The van der Waals surface area contributed by atoms with Crippen LogP contribution in [0.15, 0.2) is 0 Å². The molecule has 1 aliphatic carbocycles. The summed E-state index contributed by atoms with van der Waals surface area (Å²) >= 11 is 0. The zero-order valence-corrected chi connectivity index (χ0v) is 16.4. The Morgan fingerprint density at radius 2 is 2.08 bits per heavy atom. The van der Waals surface area contributed by atoms with E-state index in [1.165, 1.54) is 5.56 Å². The van der Waals surface area contributed by atoms with Crippen LogP contribution in [0.25, 0.3) is 0 Å². The van der Waals surface area contributed by atoms with Gasteiger partial charge in [-0.25, -0.2) is 0 Å². The second-order valence-corrected chi connectivity index (χ2v) is 7.12. The Morgan fingerprint density at radius 1 is 1.46 bits per heavy atom. The largest absolute Gasteiger partial charge is 0.378 e. The number of amides is 1. The summed E-state index contributed by atoms with van der Waals surface area (Å²) in [7, 11) is 1.93. The Hall–Kier alpha value is -1.11. The van der Waals surface area contributed by atoms with E-state index in [1.807, 2.05) is 46.3 Å². The number of nitrogens with one attached hydrogen (secondary N) is 1. The predicted molar refractivity (Wildman–Crippen MR) is 97.4 cm³/mol. The van der Waals surface area contributed by atoms with Gasteiger partial charge in [0.15, 0.2) is 0 Å². The van der Waals surface area contributed by atoms with Crippen molar-refractivity contribution in [2.75, 3.05) is 13.2 Å². The molecule has 3 N–H and O–H groups in total. The van der Waals surface area contributed by atoms with Crippen molar-refractivity contribution < 1.29 is 9.53 Å². The number of ether oxygens (including phenoxy) is 1. The van der Waals surface area contributed by atoms with Gasteiger partial charge in [0.25, 0.3) is 0 Å². The molecule has 0 bridgehead atoms. The molecule has 24 heavy (non-hydrogen) atoms. The fraction of sp³-hybridized carbons (Fsp3) is 0.765. The minimum Gasteiger partial charge on any atom is -0.378 e. The first-order chi connectivity index (χ1) is 10.6. The molecular weight excluding hydrogens is 328 g/mol. The molecule has 2 atom stereocenters. The minimum absolute atomic E-state index is 0. The maximum Gasteiger partial charge on any atom is 0.240 e. The Labute approximate surface area is 150 Å². The first kappa shape index (κ1) is 20.9. The number of hydrogen-bond donors (Lipinski definition) is 2. The second kappa shape index (κ2) is 7.42. The zero-order valence-electron chi connectivity index (χ0n) is 15.6. The average Bonchev–Trinajstić information content (AvgIpc) is 2.72. The summed E-state index contributed by atoms with van der Waals surface area (Å²) in [6.45, 7) is 11.2. The molecule has 7 heteroatoms. The Bertz CT molecular complexity index is 600. The number of hydrogen-bond acceptors (Lipinski definition) is 4. The fourth-order valence-corrected chi connectivity index (χ4v) is 3.46. The van der Waals surface area contributed by atoms with Crippen molar-refractivity contribution in [3.8, 4) is 0 Å². The van der Waals surface area contributed by atoms with Crippen molar-refractivity contribution in [1.82, 2.24) is 15.1 Å². The van der Waals surface area contributed by atoms with Gasteiger partial charge < -0.3 is 15.8 Å². The third-order valence-corrected chi connectivity index (χ3v) is 5.55. The number of aromatic nitrogens is 2. The molecule has 2 rings (SSSR count). The highest BCUT2D eigenvalue weighted by Crippen LogP contribution is 2.49. The topological polar surface area (TPSA) is 82.2 Å². The fourth-order valence-electron chi connectivity index (χ4n) is 3.46. The summed E-state index contributed by atoms with van der Waals surface area (Å²) in [4.78, 5) is 12.6. The molecule has 2 unspecified atom stereocenters. The molecule has 0 radical (unpaired) electrons. The van der Waals surface area contributed by atoms with E-state index in [0.717, 1.165) is 17.8 Å². The summed E-state index contributed by atoms with van der Waals surface area (Å²) in [6.07, 6.45) is 1.39. The van der Waals surface area contributed by atoms with E-state index in [0.29, 0.717) is 19.6 Å². The molecule has 1 heterocycles. The van der Waals surface area contributed by atoms with E-state index in [1.54, 1.807) is 0 Å². The summed E-state index contributed by atoms with van der Waals surface area (Å²) < 4.78 is 7.55. The molecule has 1 saturated carbocycles. The maximum atomic E-state index is 12.6. The molecule has 1 amide bonds. The van der Waals surface area contributed by atoms with Crippen LogP contribution < -0.4 is 11.1 Å².